The van der Waals surface area contributed by atoms with Crippen LogP contribution in [-0.2, 0) is 0 Å². The van der Waals surface area contributed by atoms with Gasteiger partial charge in [0.1, 0.15) is 0 Å². The summed E-state index contributed by atoms with van der Waals surface area (Å²) in [5, 5.41) is 2.13. The van der Waals surface area contributed by atoms with Crippen molar-refractivity contribution in [1.82, 2.24) is 4.98 Å². The summed E-state index contributed by atoms with van der Waals surface area (Å²) in [4.78, 5) is 4.69. The minimum atomic E-state index is 0.506. The van der Waals surface area contributed by atoms with Crippen LogP contribution in [0.25, 0.3) is 10.2 Å². The molecule has 15 heavy (non-hydrogen) atoms. The third kappa shape index (κ3) is 1.91. The Morgan fingerprint density at radius 2 is 1.87 bits per heavy atom. The first-order valence-electron chi connectivity index (χ1n) is 5.47. The van der Waals surface area contributed by atoms with Crippen LogP contribution < -0.4 is 0 Å². The van der Waals surface area contributed by atoms with Gasteiger partial charge in [0.15, 0.2) is 0 Å². The highest BCUT2D eigenvalue weighted by Gasteiger charge is 2.11. The molecule has 80 valence electrons. The molecular formula is C13H17NS. The van der Waals surface area contributed by atoms with Gasteiger partial charge >= 0.3 is 0 Å². The second kappa shape index (κ2) is 3.93. The number of fused-ring (bicyclic) bond motifs is 1. The van der Waals surface area contributed by atoms with Crippen molar-refractivity contribution in [2.45, 2.75) is 39.5 Å². The molecule has 2 heteroatoms. The molecule has 0 saturated carbocycles. The van der Waals surface area contributed by atoms with E-state index in [9.17, 15) is 0 Å². The van der Waals surface area contributed by atoms with E-state index in [4.69, 9.17) is 0 Å². The highest BCUT2D eigenvalue weighted by atomic mass is 32.1. The van der Waals surface area contributed by atoms with Gasteiger partial charge in [-0.25, -0.2) is 0 Å². The molecule has 0 unspecified atom stereocenters. The van der Waals surface area contributed by atoms with Gasteiger partial charge in [0.2, 0.25) is 0 Å². The van der Waals surface area contributed by atoms with Crippen molar-refractivity contribution in [2.24, 2.45) is 0 Å². The van der Waals surface area contributed by atoms with Crippen LogP contribution in [-0.4, -0.2) is 4.98 Å². The lowest BCUT2D eigenvalue weighted by Gasteiger charge is -2.11. The van der Waals surface area contributed by atoms with E-state index in [1.54, 1.807) is 11.3 Å². The van der Waals surface area contributed by atoms with Crippen LogP contribution in [0.2, 0.25) is 0 Å². The lowest BCUT2D eigenvalue weighted by molar-refractivity contribution is 0.812. The fraction of sp³-hybridized carbons (Fsp3) is 0.462. The van der Waals surface area contributed by atoms with Gasteiger partial charge in [-0.15, -0.1) is 11.3 Å². The normalized spacial score (nSPS) is 11.9. The number of rotatable bonds is 2. The highest BCUT2D eigenvalue weighted by molar-refractivity contribution is 7.17. The first-order chi connectivity index (χ1) is 7.09. The summed E-state index contributed by atoms with van der Waals surface area (Å²) in [5.41, 5.74) is 3.82. The van der Waals surface area contributed by atoms with Crippen LogP contribution >= 0.6 is 11.3 Å². The lowest BCUT2D eigenvalue weighted by Crippen LogP contribution is -1.97. The van der Waals surface area contributed by atoms with Crippen molar-refractivity contribution in [3.8, 4) is 0 Å². The van der Waals surface area contributed by atoms with E-state index in [-0.39, 0.29) is 0 Å². The fourth-order valence-electron chi connectivity index (χ4n) is 1.73. The van der Waals surface area contributed by atoms with Crippen LogP contribution in [0.5, 0.6) is 0 Å². The SMILES string of the molecule is CC(C)c1cc(C(C)C)c2sccc2n1. The molecule has 1 nitrogen and oxygen atoms in total. The largest absolute Gasteiger partial charge is 0.252 e. The fourth-order valence-corrected chi connectivity index (χ4v) is 2.73. The molecule has 0 aromatic carbocycles. The van der Waals surface area contributed by atoms with Crippen molar-refractivity contribution < 1.29 is 0 Å². The average Bonchev–Trinajstić information content (AvgIpc) is 2.62. The molecule has 2 rings (SSSR count). The minimum Gasteiger partial charge on any atom is -0.252 e. The topological polar surface area (TPSA) is 12.9 Å². The molecule has 2 aromatic rings. The summed E-state index contributed by atoms with van der Waals surface area (Å²) in [6, 6.07) is 4.39. The summed E-state index contributed by atoms with van der Waals surface area (Å²) < 4.78 is 1.36. The minimum absolute atomic E-state index is 0.506. The van der Waals surface area contributed by atoms with Crippen molar-refractivity contribution >= 4 is 21.6 Å². The van der Waals surface area contributed by atoms with E-state index in [2.05, 4.69) is 50.2 Å². The van der Waals surface area contributed by atoms with E-state index in [1.165, 1.54) is 16.0 Å². The maximum Gasteiger partial charge on any atom is 0.0816 e. The average molecular weight is 219 g/mol. The zero-order chi connectivity index (χ0) is 11.0. The Balaban J connectivity index is 2.69. The van der Waals surface area contributed by atoms with Crippen LogP contribution in [0.1, 0.15) is 50.8 Å². The zero-order valence-electron chi connectivity index (χ0n) is 9.74. The van der Waals surface area contributed by atoms with Gasteiger partial charge in [0.25, 0.3) is 0 Å². The van der Waals surface area contributed by atoms with Crippen LogP contribution in [0.3, 0.4) is 0 Å². The van der Waals surface area contributed by atoms with Gasteiger partial charge in [0.05, 0.1) is 10.2 Å². The second-order valence-corrected chi connectivity index (χ2v) is 5.50. The Hall–Kier alpha value is -0.890. The van der Waals surface area contributed by atoms with Crippen LogP contribution in [0, 0.1) is 0 Å². The Morgan fingerprint density at radius 3 is 2.47 bits per heavy atom. The standard InChI is InChI=1S/C13H17NS/c1-8(2)10-7-12(9(3)4)14-11-5-6-15-13(10)11/h5-9H,1-4H3. The molecule has 0 atom stereocenters. The maximum absolute atomic E-state index is 4.69. The summed E-state index contributed by atoms with van der Waals surface area (Å²) in [5.74, 6) is 1.08. The van der Waals surface area contributed by atoms with Crippen molar-refractivity contribution in [1.29, 1.82) is 0 Å². The Morgan fingerprint density at radius 1 is 1.13 bits per heavy atom. The van der Waals surface area contributed by atoms with E-state index in [1.807, 2.05) is 0 Å². The van der Waals surface area contributed by atoms with E-state index < -0.39 is 0 Å². The van der Waals surface area contributed by atoms with E-state index in [0.29, 0.717) is 11.8 Å². The third-order valence-electron chi connectivity index (χ3n) is 2.67. The van der Waals surface area contributed by atoms with Crippen molar-refractivity contribution in [2.75, 3.05) is 0 Å². The molecule has 2 aromatic heterocycles. The molecule has 0 N–H and O–H groups in total. The summed E-state index contributed by atoms with van der Waals surface area (Å²) in [6.07, 6.45) is 0. The third-order valence-corrected chi connectivity index (χ3v) is 3.63. The highest BCUT2D eigenvalue weighted by Crippen LogP contribution is 2.31. The summed E-state index contributed by atoms with van der Waals surface area (Å²) in [7, 11) is 0. The number of hydrogen-bond donors (Lipinski definition) is 0. The quantitative estimate of drug-likeness (QED) is 0.722. The van der Waals surface area contributed by atoms with Crippen molar-refractivity contribution in [3.05, 3.63) is 28.8 Å². The molecule has 0 spiro atoms. The van der Waals surface area contributed by atoms with Gasteiger partial charge in [-0.3, -0.25) is 4.98 Å². The number of thiophene rings is 1. The number of nitrogens with zero attached hydrogens (tertiary/aromatic N) is 1. The van der Waals surface area contributed by atoms with Gasteiger partial charge < -0.3 is 0 Å². The van der Waals surface area contributed by atoms with Gasteiger partial charge in [-0.05, 0) is 34.9 Å². The van der Waals surface area contributed by atoms with Crippen LogP contribution in [0.4, 0.5) is 0 Å². The van der Waals surface area contributed by atoms with Gasteiger partial charge in [0, 0.05) is 5.69 Å². The predicted molar refractivity (Wildman–Crippen MR) is 67.8 cm³/mol. The summed E-state index contributed by atoms with van der Waals surface area (Å²) in [6.45, 7) is 8.90. The molecule has 0 radical (unpaired) electrons. The van der Waals surface area contributed by atoms with Crippen molar-refractivity contribution in [3.63, 3.8) is 0 Å². The van der Waals surface area contributed by atoms with E-state index in [0.717, 1.165) is 5.52 Å². The Kier molecular flexibility index (Phi) is 2.79. The molecular weight excluding hydrogens is 202 g/mol. The first-order valence-corrected chi connectivity index (χ1v) is 6.35. The molecule has 0 aliphatic rings. The molecule has 0 bridgehead atoms. The monoisotopic (exact) mass is 219 g/mol. The number of hydrogen-bond acceptors (Lipinski definition) is 2. The molecule has 0 amide bonds. The Labute approximate surface area is 95.2 Å². The first kappa shape index (κ1) is 10.6. The second-order valence-electron chi connectivity index (χ2n) is 4.58. The Bertz CT molecular complexity index is 468. The molecule has 0 aliphatic carbocycles. The maximum atomic E-state index is 4.69. The molecule has 0 aliphatic heterocycles. The predicted octanol–water partition coefficient (Wildman–Crippen LogP) is 4.54. The summed E-state index contributed by atoms with van der Waals surface area (Å²) >= 11 is 1.80. The van der Waals surface area contributed by atoms with Crippen LogP contribution in [0.15, 0.2) is 17.5 Å². The number of pyridine rings is 1. The lowest BCUT2D eigenvalue weighted by atomic mass is 10.00. The number of aromatic nitrogens is 1. The molecule has 2 heterocycles. The van der Waals surface area contributed by atoms with E-state index >= 15 is 0 Å². The smallest absolute Gasteiger partial charge is 0.0816 e. The molecule has 0 saturated heterocycles. The van der Waals surface area contributed by atoms with Gasteiger partial charge in [-0.1, -0.05) is 27.7 Å². The van der Waals surface area contributed by atoms with Gasteiger partial charge in [-0.2, -0.15) is 0 Å². The zero-order valence-corrected chi connectivity index (χ0v) is 10.6. The molecule has 0 fully saturated rings.